The Morgan fingerprint density at radius 1 is 1.17 bits per heavy atom. The van der Waals surface area contributed by atoms with Gasteiger partial charge in [-0.1, -0.05) is 30.3 Å². The summed E-state index contributed by atoms with van der Waals surface area (Å²) in [6.07, 6.45) is -0.193. The van der Waals surface area contributed by atoms with Crippen LogP contribution in [0.1, 0.15) is 49.2 Å². The van der Waals surface area contributed by atoms with Crippen molar-refractivity contribution < 1.29 is 19.1 Å². The van der Waals surface area contributed by atoms with Crippen LogP contribution in [0.4, 0.5) is 5.69 Å². The third kappa shape index (κ3) is 5.38. The van der Waals surface area contributed by atoms with Crippen LogP contribution in [0.25, 0.3) is 0 Å². The Morgan fingerprint density at radius 2 is 1.90 bits per heavy atom. The molecular formula is C22H24N2O4S. The Hall–Kier alpha value is -2.80. The lowest BCUT2D eigenvalue weighted by Gasteiger charge is -2.23. The molecule has 0 saturated heterocycles. The number of thioether (sulfide) groups is 1. The van der Waals surface area contributed by atoms with Crippen molar-refractivity contribution in [2.45, 2.75) is 49.5 Å². The molecule has 1 heterocycles. The molecule has 2 amide bonds. The highest BCUT2D eigenvalue weighted by Gasteiger charge is 2.25. The molecule has 2 aromatic rings. The van der Waals surface area contributed by atoms with Gasteiger partial charge in [0.1, 0.15) is 0 Å². The molecule has 0 bridgehead atoms. The predicted octanol–water partition coefficient (Wildman–Crippen LogP) is 3.93. The van der Waals surface area contributed by atoms with Gasteiger partial charge in [0.25, 0.3) is 5.91 Å². The number of benzene rings is 2. The number of fused-ring (bicyclic) bond motifs is 1. The average molecular weight is 413 g/mol. The molecule has 1 aliphatic rings. The van der Waals surface area contributed by atoms with Crippen LogP contribution in [-0.4, -0.2) is 29.1 Å². The van der Waals surface area contributed by atoms with Gasteiger partial charge in [-0.15, -0.1) is 11.8 Å². The summed E-state index contributed by atoms with van der Waals surface area (Å²) >= 11 is 1.46. The first-order chi connectivity index (χ1) is 13.8. The number of nitrogens with one attached hydrogen (secondary N) is 2. The molecule has 7 heteroatoms. The van der Waals surface area contributed by atoms with Gasteiger partial charge in [-0.2, -0.15) is 0 Å². The van der Waals surface area contributed by atoms with Crippen molar-refractivity contribution in [3.8, 4) is 0 Å². The summed E-state index contributed by atoms with van der Waals surface area (Å²) in [7, 11) is 0. The number of anilines is 1. The largest absolute Gasteiger partial charge is 0.463 e. The molecule has 1 aliphatic heterocycles. The maximum Gasteiger partial charge on any atom is 0.308 e. The molecule has 2 atom stereocenters. The molecule has 0 unspecified atom stereocenters. The van der Waals surface area contributed by atoms with E-state index in [0.29, 0.717) is 11.3 Å². The van der Waals surface area contributed by atoms with Gasteiger partial charge in [0.15, 0.2) is 0 Å². The third-order valence-corrected chi connectivity index (χ3v) is 5.60. The van der Waals surface area contributed by atoms with Crippen LogP contribution in [0, 0.1) is 0 Å². The number of esters is 1. The van der Waals surface area contributed by atoms with E-state index in [9.17, 15) is 14.4 Å². The minimum atomic E-state index is -0.519. The molecule has 0 aliphatic carbocycles. The van der Waals surface area contributed by atoms with Gasteiger partial charge < -0.3 is 15.4 Å². The second-order valence-corrected chi connectivity index (χ2v) is 8.52. The first-order valence-electron chi connectivity index (χ1n) is 9.50. The van der Waals surface area contributed by atoms with E-state index in [-0.39, 0.29) is 35.6 Å². The summed E-state index contributed by atoms with van der Waals surface area (Å²) in [6, 6.07) is 14.0. The van der Waals surface area contributed by atoms with E-state index in [1.165, 1.54) is 11.8 Å². The zero-order valence-corrected chi connectivity index (χ0v) is 17.4. The van der Waals surface area contributed by atoms with Crippen LogP contribution in [0.15, 0.2) is 53.4 Å². The molecule has 0 saturated carbocycles. The van der Waals surface area contributed by atoms with E-state index in [0.717, 1.165) is 10.5 Å². The molecule has 0 spiro atoms. The SMILES string of the molecule is CC(C)OC(=O)C[C@@H](NC(=O)c1ccc2c(c1)NC(=O)[C@@H](C)S2)c1ccccc1. The van der Waals surface area contributed by atoms with Crippen molar-refractivity contribution in [2.75, 3.05) is 5.32 Å². The molecule has 6 nitrogen and oxygen atoms in total. The van der Waals surface area contributed by atoms with E-state index < -0.39 is 6.04 Å². The lowest BCUT2D eigenvalue weighted by atomic mass is 10.0. The lowest BCUT2D eigenvalue weighted by Crippen LogP contribution is -2.31. The fraction of sp³-hybridized carbons (Fsp3) is 0.318. The maximum absolute atomic E-state index is 12.9. The number of carbonyl (C=O) groups is 3. The predicted molar refractivity (Wildman–Crippen MR) is 113 cm³/mol. The molecule has 2 aromatic carbocycles. The highest BCUT2D eigenvalue weighted by Crippen LogP contribution is 2.36. The Morgan fingerprint density at radius 3 is 2.59 bits per heavy atom. The normalized spacial score (nSPS) is 16.6. The van der Waals surface area contributed by atoms with E-state index in [2.05, 4.69) is 10.6 Å². The average Bonchev–Trinajstić information content (AvgIpc) is 2.68. The number of carbonyl (C=O) groups excluding carboxylic acids is 3. The first-order valence-corrected chi connectivity index (χ1v) is 10.4. The van der Waals surface area contributed by atoms with Gasteiger partial charge in [-0.3, -0.25) is 14.4 Å². The van der Waals surface area contributed by atoms with Crippen molar-refractivity contribution >= 4 is 35.2 Å². The highest BCUT2D eigenvalue weighted by atomic mass is 32.2. The van der Waals surface area contributed by atoms with Crippen molar-refractivity contribution in [3.63, 3.8) is 0 Å². The van der Waals surface area contributed by atoms with Crippen LogP contribution in [-0.2, 0) is 14.3 Å². The van der Waals surface area contributed by atoms with Crippen molar-refractivity contribution in [1.82, 2.24) is 5.32 Å². The van der Waals surface area contributed by atoms with Crippen molar-refractivity contribution in [1.29, 1.82) is 0 Å². The van der Waals surface area contributed by atoms with Crippen LogP contribution in [0.2, 0.25) is 0 Å². The monoisotopic (exact) mass is 412 g/mol. The number of amides is 2. The summed E-state index contributed by atoms with van der Waals surface area (Å²) in [4.78, 5) is 37.9. The van der Waals surface area contributed by atoms with Gasteiger partial charge >= 0.3 is 5.97 Å². The summed E-state index contributed by atoms with van der Waals surface area (Å²) in [6.45, 7) is 5.41. The van der Waals surface area contributed by atoms with Gasteiger partial charge in [-0.05, 0) is 44.5 Å². The standard InChI is InChI=1S/C22H24N2O4S/c1-13(2)28-20(25)12-17(15-7-5-4-6-8-15)23-22(27)16-9-10-19-18(11-16)24-21(26)14(3)29-19/h4-11,13-14,17H,12H2,1-3H3,(H,23,27)(H,24,26)/t14-,17-/m1/s1. The molecule has 0 fully saturated rings. The number of hydrogen-bond acceptors (Lipinski definition) is 5. The van der Waals surface area contributed by atoms with Gasteiger partial charge in [0.2, 0.25) is 5.91 Å². The van der Waals surface area contributed by atoms with Crippen molar-refractivity contribution in [3.05, 3.63) is 59.7 Å². The zero-order valence-electron chi connectivity index (χ0n) is 16.6. The summed E-state index contributed by atoms with van der Waals surface area (Å²) < 4.78 is 5.25. The van der Waals surface area contributed by atoms with Crippen LogP contribution < -0.4 is 10.6 Å². The number of rotatable bonds is 6. The molecular weight excluding hydrogens is 388 g/mol. The van der Waals surface area contributed by atoms with Crippen LogP contribution >= 0.6 is 11.8 Å². The highest BCUT2D eigenvalue weighted by molar-refractivity contribution is 8.00. The Kier molecular flexibility index (Phi) is 6.59. The van der Waals surface area contributed by atoms with Gasteiger partial charge in [-0.25, -0.2) is 0 Å². The summed E-state index contributed by atoms with van der Waals surface area (Å²) in [5.41, 5.74) is 1.86. The second kappa shape index (κ2) is 9.13. The van der Waals surface area contributed by atoms with Crippen LogP contribution in [0.3, 0.4) is 0 Å². The molecule has 29 heavy (non-hydrogen) atoms. The van der Waals surface area contributed by atoms with Gasteiger partial charge in [0.05, 0.1) is 29.5 Å². The summed E-state index contributed by atoms with van der Waals surface area (Å²) in [5.74, 6) is -0.784. The maximum atomic E-state index is 12.9. The zero-order chi connectivity index (χ0) is 21.0. The van der Waals surface area contributed by atoms with E-state index in [1.807, 2.05) is 43.3 Å². The smallest absolute Gasteiger partial charge is 0.308 e. The molecule has 0 radical (unpaired) electrons. The first kappa shape index (κ1) is 20.9. The lowest BCUT2D eigenvalue weighted by molar-refractivity contribution is -0.148. The Labute approximate surface area is 174 Å². The minimum absolute atomic E-state index is 0.0307. The number of ether oxygens (including phenoxy) is 1. The number of hydrogen-bond donors (Lipinski definition) is 2. The third-order valence-electron chi connectivity index (χ3n) is 4.42. The summed E-state index contributed by atoms with van der Waals surface area (Å²) in [5, 5.41) is 5.58. The van der Waals surface area contributed by atoms with Crippen molar-refractivity contribution in [2.24, 2.45) is 0 Å². The second-order valence-electron chi connectivity index (χ2n) is 7.14. The quantitative estimate of drug-likeness (QED) is 0.702. The molecule has 152 valence electrons. The van der Waals surface area contributed by atoms with E-state index in [1.54, 1.807) is 26.0 Å². The molecule has 0 aromatic heterocycles. The Bertz CT molecular complexity index is 914. The molecule has 2 N–H and O–H groups in total. The Balaban J connectivity index is 1.78. The van der Waals surface area contributed by atoms with E-state index in [4.69, 9.17) is 4.74 Å². The van der Waals surface area contributed by atoms with E-state index >= 15 is 0 Å². The van der Waals surface area contributed by atoms with Gasteiger partial charge in [0, 0.05) is 10.5 Å². The van der Waals surface area contributed by atoms with Crippen LogP contribution in [0.5, 0.6) is 0 Å². The minimum Gasteiger partial charge on any atom is -0.463 e. The topological polar surface area (TPSA) is 84.5 Å². The fourth-order valence-electron chi connectivity index (χ4n) is 3.01. The fourth-order valence-corrected chi connectivity index (χ4v) is 3.94. The molecule has 3 rings (SSSR count).